The lowest BCUT2D eigenvalue weighted by molar-refractivity contribution is 0.00865. The molecule has 2 unspecified atom stereocenters. The summed E-state index contributed by atoms with van der Waals surface area (Å²) in [6.45, 7) is 2.15. The number of rotatable bonds is 3. The predicted octanol–water partition coefficient (Wildman–Crippen LogP) is 1.55. The van der Waals surface area contributed by atoms with Crippen LogP contribution in [0.5, 0.6) is 0 Å². The Morgan fingerprint density at radius 1 is 1.31 bits per heavy atom. The van der Waals surface area contributed by atoms with Crippen LogP contribution in [-0.2, 0) is 11.3 Å². The Bertz CT molecular complexity index is 327. The Labute approximate surface area is 95.4 Å². The molecule has 0 radical (unpaired) electrons. The van der Waals surface area contributed by atoms with Crippen molar-refractivity contribution in [1.29, 1.82) is 0 Å². The van der Waals surface area contributed by atoms with E-state index in [-0.39, 0.29) is 12.1 Å². The summed E-state index contributed by atoms with van der Waals surface area (Å²) in [7, 11) is 0. The van der Waals surface area contributed by atoms with Crippen LogP contribution in [0.4, 0.5) is 0 Å². The maximum Gasteiger partial charge on any atom is 0.242 e. The van der Waals surface area contributed by atoms with Crippen LogP contribution >= 0.6 is 0 Å². The molecule has 5 heteroatoms. The lowest BCUT2D eigenvalue weighted by atomic mass is 10.1. The first-order chi connectivity index (χ1) is 7.75. The lowest BCUT2D eigenvalue weighted by Crippen LogP contribution is -2.35. The Morgan fingerprint density at radius 2 is 2.12 bits per heavy atom. The number of aromatic nitrogens is 2. The Kier molecular flexibility index (Phi) is 3.90. The summed E-state index contributed by atoms with van der Waals surface area (Å²) < 4.78 is 11.0. The summed E-state index contributed by atoms with van der Waals surface area (Å²) in [6.07, 6.45) is 5.88. The zero-order valence-electron chi connectivity index (χ0n) is 9.69. The molecule has 0 spiro atoms. The molecular weight excluding hydrogens is 206 g/mol. The van der Waals surface area contributed by atoms with Gasteiger partial charge in [-0.2, -0.15) is 0 Å². The molecule has 90 valence electrons. The second-order valence-corrected chi connectivity index (χ2v) is 4.37. The normalized spacial score (nSPS) is 26.6. The summed E-state index contributed by atoms with van der Waals surface area (Å²) >= 11 is 0. The third-order valence-corrected chi connectivity index (χ3v) is 2.99. The van der Waals surface area contributed by atoms with E-state index in [4.69, 9.17) is 14.9 Å². The van der Waals surface area contributed by atoms with E-state index in [1.165, 1.54) is 19.3 Å². The van der Waals surface area contributed by atoms with Crippen molar-refractivity contribution in [3.63, 3.8) is 0 Å². The number of hydrogen-bond donors (Lipinski definition) is 1. The van der Waals surface area contributed by atoms with Crippen molar-refractivity contribution < 1.29 is 9.15 Å². The van der Waals surface area contributed by atoms with E-state index in [0.717, 1.165) is 12.8 Å². The van der Waals surface area contributed by atoms with Crippen LogP contribution in [0.25, 0.3) is 0 Å². The Morgan fingerprint density at radius 3 is 2.88 bits per heavy atom. The van der Waals surface area contributed by atoms with Crippen molar-refractivity contribution >= 4 is 0 Å². The maximum absolute atomic E-state index is 6.06. The zero-order chi connectivity index (χ0) is 11.4. The van der Waals surface area contributed by atoms with Crippen molar-refractivity contribution in [2.45, 2.75) is 57.8 Å². The summed E-state index contributed by atoms with van der Waals surface area (Å²) in [5.41, 5.74) is 6.06. The summed E-state index contributed by atoms with van der Waals surface area (Å²) in [4.78, 5) is 0. The van der Waals surface area contributed by atoms with Gasteiger partial charge in [0.25, 0.3) is 0 Å². The minimum Gasteiger partial charge on any atom is -0.423 e. The van der Waals surface area contributed by atoms with Crippen molar-refractivity contribution in [3.05, 3.63) is 11.8 Å². The predicted molar refractivity (Wildman–Crippen MR) is 58.7 cm³/mol. The van der Waals surface area contributed by atoms with Gasteiger partial charge >= 0.3 is 0 Å². The molecule has 0 amide bonds. The van der Waals surface area contributed by atoms with Gasteiger partial charge in [0.15, 0.2) is 0 Å². The van der Waals surface area contributed by atoms with Crippen LogP contribution in [0.1, 0.15) is 43.9 Å². The molecule has 1 heterocycles. The van der Waals surface area contributed by atoms with Gasteiger partial charge in [-0.25, -0.2) is 0 Å². The second kappa shape index (κ2) is 5.41. The lowest BCUT2D eigenvalue weighted by Gasteiger charge is -2.20. The molecule has 1 saturated carbocycles. The quantitative estimate of drug-likeness (QED) is 0.790. The highest BCUT2D eigenvalue weighted by Gasteiger charge is 2.21. The summed E-state index contributed by atoms with van der Waals surface area (Å²) in [6, 6.07) is 0.145. The molecule has 2 rings (SSSR count). The van der Waals surface area contributed by atoms with Crippen LogP contribution in [0.3, 0.4) is 0 Å². The van der Waals surface area contributed by atoms with Gasteiger partial charge < -0.3 is 14.9 Å². The molecule has 1 aliphatic carbocycles. The molecule has 1 aromatic rings. The van der Waals surface area contributed by atoms with Crippen molar-refractivity contribution in [2.75, 3.05) is 0 Å². The minimum absolute atomic E-state index is 0.134. The smallest absolute Gasteiger partial charge is 0.242 e. The van der Waals surface area contributed by atoms with E-state index in [9.17, 15) is 0 Å². The van der Waals surface area contributed by atoms with Gasteiger partial charge in [0.1, 0.15) is 6.61 Å². The van der Waals surface area contributed by atoms with Crippen LogP contribution in [0, 0.1) is 6.92 Å². The molecule has 0 bridgehead atoms. The van der Waals surface area contributed by atoms with E-state index >= 15 is 0 Å². The van der Waals surface area contributed by atoms with E-state index in [2.05, 4.69) is 10.2 Å². The van der Waals surface area contributed by atoms with Gasteiger partial charge in [-0.1, -0.05) is 19.3 Å². The Balaban J connectivity index is 1.83. The number of nitrogens with two attached hydrogens (primary N) is 1. The fourth-order valence-corrected chi connectivity index (χ4v) is 2.08. The molecule has 2 N–H and O–H groups in total. The molecule has 1 aliphatic rings. The molecule has 0 aliphatic heterocycles. The highest BCUT2D eigenvalue weighted by Crippen LogP contribution is 2.20. The maximum atomic E-state index is 6.06. The van der Waals surface area contributed by atoms with Crippen LogP contribution in [0.15, 0.2) is 4.42 Å². The van der Waals surface area contributed by atoms with Gasteiger partial charge in [0.05, 0.1) is 6.10 Å². The standard InChI is InChI=1S/C11H19N3O2/c1-8-13-14-11(16-8)7-15-10-6-4-2-3-5-9(10)12/h9-10H,2-7,12H2,1H3. The number of ether oxygens (including phenoxy) is 1. The SMILES string of the molecule is Cc1nnc(COC2CCCCCC2N)o1. The van der Waals surface area contributed by atoms with Gasteiger partial charge in [0, 0.05) is 13.0 Å². The van der Waals surface area contributed by atoms with Gasteiger partial charge in [-0.05, 0) is 12.8 Å². The van der Waals surface area contributed by atoms with Gasteiger partial charge in [-0.15, -0.1) is 10.2 Å². The third kappa shape index (κ3) is 3.02. The zero-order valence-corrected chi connectivity index (χ0v) is 9.69. The monoisotopic (exact) mass is 225 g/mol. The molecule has 0 aromatic carbocycles. The van der Waals surface area contributed by atoms with Crippen molar-refractivity contribution in [3.8, 4) is 0 Å². The minimum atomic E-state index is 0.134. The number of aryl methyl sites for hydroxylation is 1. The average molecular weight is 225 g/mol. The molecule has 16 heavy (non-hydrogen) atoms. The first-order valence-electron chi connectivity index (χ1n) is 5.92. The number of nitrogens with zero attached hydrogens (tertiary/aromatic N) is 2. The molecule has 5 nitrogen and oxygen atoms in total. The topological polar surface area (TPSA) is 74.2 Å². The summed E-state index contributed by atoms with van der Waals surface area (Å²) in [5, 5.41) is 7.66. The van der Waals surface area contributed by atoms with Crippen LogP contribution in [0.2, 0.25) is 0 Å². The fourth-order valence-electron chi connectivity index (χ4n) is 2.08. The van der Waals surface area contributed by atoms with Gasteiger partial charge in [-0.3, -0.25) is 0 Å². The molecule has 1 fully saturated rings. The Hall–Kier alpha value is -0.940. The largest absolute Gasteiger partial charge is 0.423 e. The first kappa shape index (κ1) is 11.5. The molecule has 2 atom stereocenters. The van der Waals surface area contributed by atoms with Crippen LogP contribution in [-0.4, -0.2) is 22.3 Å². The highest BCUT2D eigenvalue weighted by molar-refractivity contribution is 4.80. The van der Waals surface area contributed by atoms with E-state index < -0.39 is 0 Å². The van der Waals surface area contributed by atoms with Crippen molar-refractivity contribution in [1.82, 2.24) is 10.2 Å². The fraction of sp³-hybridized carbons (Fsp3) is 0.818. The van der Waals surface area contributed by atoms with E-state index in [1.54, 1.807) is 6.92 Å². The van der Waals surface area contributed by atoms with Crippen LogP contribution < -0.4 is 5.73 Å². The average Bonchev–Trinajstić information content (AvgIpc) is 2.56. The number of hydrogen-bond acceptors (Lipinski definition) is 5. The molecule has 0 saturated heterocycles. The first-order valence-corrected chi connectivity index (χ1v) is 5.92. The van der Waals surface area contributed by atoms with E-state index in [0.29, 0.717) is 18.4 Å². The molecular formula is C11H19N3O2. The second-order valence-electron chi connectivity index (χ2n) is 4.37. The highest BCUT2D eigenvalue weighted by atomic mass is 16.5. The molecule has 1 aromatic heterocycles. The third-order valence-electron chi connectivity index (χ3n) is 2.99. The van der Waals surface area contributed by atoms with E-state index in [1.807, 2.05) is 0 Å². The van der Waals surface area contributed by atoms with Gasteiger partial charge in [0.2, 0.25) is 11.8 Å². The van der Waals surface area contributed by atoms with Crippen molar-refractivity contribution in [2.24, 2.45) is 5.73 Å². The summed E-state index contributed by atoms with van der Waals surface area (Å²) in [5.74, 6) is 1.11.